The normalized spacial score (nSPS) is 13.0. The maximum atomic E-state index is 13.3. The minimum atomic E-state index is -1.11. The largest absolute Gasteiger partial charge is 3.00 e. The fourth-order valence-electron chi connectivity index (χ4n) is 8.07. The Hall–Kier alpha value is -2.44. The van der Waals surface area contributed by atoms with Gasteiger partial charge in [0.1, 0.15) is 0 Å². The summed E-state index contributed by atoms with van der Waals surface area (Å²) >= 11 is 0. The number of para-hydroxylation sites is 2. The Morgan fingerprint density at radius 1 is 0.441 bits per heavy atom. The van der Waals surface area contributed by atoms with Crippen LogP contribution < -0.4 is 10.2 Å². The monoisotopic (exact) mass is 1090 g/mol. The fraction of sp³-hybridized carbons (Fsp3) is 0.567. The molecule has 5 nitrogen and oxygen atoms in total. The predicted molar refractivity (Wildman–Crippen MR) is 300 cm³/mol. The van der Waals surface area contributed by atoms with Crippen LogP contribution in [0, 0.1) is 40.8 Å². The standard InChI is InChI=1S/2C27H39NO.C6H18NSi2.Nd/c2*1-17(2)21-12-11-13-22(18(3)4)24(21)28-16-19-14-20(26(5,6)7)15-23(25(19)29)27(8,9)10;1-8(2,3)7-9(4,5)6;/h2*11-18,29H,1-10H3;1-6H3;/q;;-1;+3/p-2. The Kier molecular flexibility index (Phi) is 23.2. The van der Waals surface area contributed by atoms with Gasteiger partial charge in [0.25, 0.3) is 0 Å². The first-order chi connectivity index (χ1) is 30.2. The molecular weight excluding hydrogens is 995 g/mol. The van der Waals surface area contributed by atoms with Gasteiger partial charge in [-0.25, -0.2) is 0 Å². The van der Waals surface area contributed by atoms with E-state index < -0.39 is 16.5 Å². The molecule has 0 amide bonds. The Labute approximate surface area is 453 Å². The van der Waals surface area contributed by atoms with E-state index in [-0.39, 0.29) is 74.0 Å². The number of aliphatic imine (C=N–C) groups is 2. The number of hydrogen-bond donors (Lipinski definition) is 0. The van der Waals surface area contributed by atoms with E-state index in [1.165, 1.54) is 33.4 Å². The van der Waals surface area contributed by atoms with Crippen LogP contribution in [0.1, 0.15) is 218 Å². The molecule has 68 heavy (non-hydrogen) atoms. The first kappa shape index (κ1) is 63.6. The molecular formula is C60H94N3NdO2Si2. The summed E-state index contributed by atoms with van der Waals surface area (Å²) in [5.41, 5.74) is 11.8. The summed E-state index contributed by atoms with van der Waals surface area (Å²) in [7, 11) is -2.21. The molecule has 373 valence electrons. The Morgan fingerprint density at radius 3 is 0.868 bits per heavy atom. The SMILES string of the molecule is CC(C)c1cccc(C(C)C)c1N=Cc1cc(C(C)(C)C)cc(C(C)(C)C)c1[O-].CC(C)c1cccc(C(C)C)c1N=Cc1cc(C(C)(C)C)cc(C(C)(C)C)c1[O-].C[Si](C)(C)[N-][Si](C)(C)C.[Nd+3]. The van der Waals surface area contributed by atoms with Crippen LogP contribution in [0.3, 0.4) is 0 Å². The molecule has 4 aromatic carbocycles. The minimum Gasteiger partial charge on any atom is -0.872 e. The van der Waals surface area contributed by atoms with Crippen molar-refractivity contribution in [2.75, 3.05) is 0 Å². The van der Waals surface area contributed by atoms with Crippen molar-refractivity contribution in [1.29, 1.82) is 0 Å². The Morgan fingerprint density at radius 2 is 0.691 bits per heavy atom. The van der Waals surface area contributed by atoms with Crippen LogP contribution in [0.4, 0.5) is 11.4 Å². The summed E-state index contributed by atoms with van der Waals surface area (Å²) in [5, 5.41) is 26.5. The molecule has 0 aromatic heterocycles. The van der Waals surface area contributed by atoms with Crippen molar-refractivity contribution >= 4 is 40.3 Å². The molecule has 0 spiro atoms. The van der Waals surface area contributed by atoms with Gasteiger partial charge in [-0.3, -0.25) is 9.98 Å². The zero-order chi connectivity index (χ0) is 52.0. The quantitative estimate of drug-likeness (QED) is 0.117. The van der Waals surface area contributed by atoms with Crippen LogP contribution in [0.5, 0.6) is 11.5 Å². The average molecular weight is 1090 g/mol. The number of hydrogen-bond acceptors (Lipinski definition) is 4. The van der Waals surface area contributed by atoms with E-state index in [4.69, 9.17) is 14.6 Å². The van der Waals surface area contributed by atoms with E-state index in [0.717, 1.165) is 22.5 Å². The summed E-state index contributed by atoms with van der Waals surface area (Å²) in [6.07, 6.45) is 3.58. The van der Waals surface area contributed by atoms with E-state index in [2.05, 4.69) is 226 Å². The van der Waals surface area contributed by atoms with Crippen LogP contribution >= 0.6 is 0 Å². The van der Waals surface area contributed by atoms with Gasteiger partial charge in [-0.15, -0.1) is 0 Å². The van der Waals surface area contributed by atoms with Crippen molar-refractivity contribution in [3.63, 3.8) is 0 Å². The topological polar surface area (TPSA) is 84.9 Å². The smallest absolute Gasteiger partial charge is 0.872 e. The third kappa shape index (κ3) is 19.3. The zero-order valence-corrected chi connectivity index (χ0v) is 53.1. The molecule has 0 N–H and O–H groups in total. The van der Waals surface area contributed by atoms with Gasteiger partial charge in [0.2, 0.25) is 0 Å². The second-order valence-corrected chi connectivity index (χ2v) is 35.6. The van der Waals surface area contributed by atoms with Crippen molar-refractivity contribution in [2.45, 2.75) is 223 Å². The van der Waals surface area contributed by atoms with Crippen molar-refractivity contribution < 1.29 is 51.1 Å². The fourth-order valence-corrected chi connectivity index (χ4v) is 16.1. The molecule has 0 unspecified atom stereocenters. The summed E-state index contributed by atoms with van der Waals surface area (Å²) < 4.78 is 4.82. The molecule has 0 aliphatic heterocycles. The molecule has 4 aromatic rings. The summed E-state index contributed by atoms with van der Waals surface area (Å²) in [4.78, 5) is 9.80. The summed E-state index contributed by atoms with van der Waals surface area (Å²) in [5.74, 6) is 1.67. The molecule has 0 heterocycles. The van der Waals surface area contributed by atoms with Gasteiger partial charge in [-0.1, -0.05) is 266 Å². The average Bonchev–Trinajstić information content (AvgIpc) is 3.13. The van der Waals surface area contributed by atoms with E-state index in [1.807, 2.05) is 12.1 Å². The second kappa shape index (κ2) is 24.8. The van der Waals surface area contributed by atoms with Gasteiger partial charge in [0, 0.05) is 12.4 Å². The molecule has 1 radical (unpaired) electrons. The van der Waals surface area contributed by atoms with Crippen LogP contribution in [-0.2, 0) is 21.7 Å². The molecule has 0 fully saturated rings. The zero-order valence-electron chi connectivity index (χ0n) is 47.9. The number of nitrogens with zero attached hydrogens (tertiary/aromatic N) is 3. The molecule has 8 heteroatoms. The molecule has 4 rings (SSSR count). The van der Waals surface area contributed by atoms with E-state index >= 15 is 0 Å². The number of rotatable bonds is 10. The molecule has 0 atom stereocenters. The Bertz CT molecular complexity index is 2100. The third-order valence-electron chi connectivity index (χ3n) is 11.6. The van der Waals surface area contributed by atoms with E-state index in [0.29, 0.717) is 34.8 Å². The van der Waals surface area contributed by atoms with Gasteiger partial charge < -0.3 is 14.9 Å². The molecule has 0 bridgehead atoms. The molecule has 0 saturated heterocycles. The second-order valence-electron chi connectivity index (χ2n) is 26.0. The van der Waals surface area contributed by atoms with Crippen LogP contribution in [-0.4, -0.2) is 28.9 Å². The van der Waals surface area contributed by atoms with Gasteiger partial charge in [-0.2, -0.15) is 0 Å². The van der Waals surface area contributed by atoms with Gasteiger partial charge in [0.05, 0.1) is 11.4 Å². The molecule has 0 aliphatic rings. The maximum absolute atomic E-state index is 13.3. The van der Waals surface area contributed by atoms with Crippen LogP contribution in [0.2, 0.25) is 39.3 Å². The van der Waals surface area contributed by atoms with Crippen molar-refractivity contribution in [3.8, 4) is 11.5 Å². The van der Waals surface area contributed by atoms with Crippen LogP contribution in [0.15, 0.2) is 70.6 Å². The summed E-state index contributed by atoms with van der Waals surface area (Å²) in [6, 6.07) is 21.0. The Balaban J connectivity index is 0.000000569. The van der Waals surface area contributed by atoms with Crippen molar-refractivity contribution in [1.82, 2.24) is 0 Å². The van der Waals surface area contributed by atoms with Crippen LogP contribution in [0.25, 0.3) is 4.65 Å². The van der Waals surface area contributed by atoms with E-state index in [9.17, 15) is 10.2 Å². The van der Waals surface area contributed by atoms with Crippen molar-refractivity contribution in [2.24, 2.45) is 9.98 Å². The maximum Gasteiger partial charge on any atom is 3.00 e. The predicted octanol–water partition coefficient (Wildman–Crippen LogP) is 17.7. The van der Waals surface area contributed by atoms with Crippen molar-refractivity contribution in [3.05, 3.63) is 121 Å². The molecule has 0 saturated carbocycles. The first-order valence-electron chi connectivity index (χ1n) is 25.0. The third-order valence-corrected chi connectivity index (χ3v) is 17.0. The van der Waals surface area contributed by atoms with Gasteiger partial charge >= 0.3 is 40.8 Å². The minimum absolute atomic E-state index is 0. The van der Waals surface area contributed by atoms with Gasteiger partial charge in [-0.05, 0) is 101 Å². The molecule has 0 aliphatic carbocycles. The van der Waals surface area contributed by atoms with Gasteiger partial charge in [0.15, 0.2) is 0 Å². The first-order valence-corrected chi connectivity index (χ1v) is 31.9. The number of benzene rings is 4. The van der Waals surface area contributed by atoms with E-state index in [1.54, 1.807) is 12.4 Å². The summed E-state index contributed by atoms with van der Waals surface area (Å²) in [6.45, 7) is 57.0.